The molecule has 0 radical (unpaired) electrons. The number of pyridine rings is 1. The lowest BCUT2D eigenvalue weighted by atomic mass is 10.1. The summed E-state index contributed by atoms with van der Waals surface area (Å²) in [6, 6.07) is 3.95. The van der Waals surface area contributed by atoms with E-state index in [4.69, 9.17) is 4.74 Å². The number of ether oxygens (including phenoxy) is 1. The van der Waals surface area contributed by atoms with Gasteiger partial charge in [-0.1, -0.05) is 32.8 Å². The molecule has 0 N–H and O–H groups in total. The summed E-state index contributed by atoms with van der Waals surface area (Å²) in [7, 11) is 0. The molecule has 3 heteroatoms. The van der Waals surface area contributed by atoms with E-state index in [2.05, 4.69) is 18.8 Å². The van der Waals surface area contributed by atoms with Crippen molar-refractivity contribution in [3.05, 3.63) is 29.1 Å². The predicted octanol–water partition coefficient (Wildman–Crippen LogP) is 3.69. The van der Waals surface area contributed by atoms with E-state index in [1.54, 1.807) is 0 Å². The minimum atomic E-state index is -0.279. The molecule has 1 rings (SSSR count). The van der Waals surface area contributed by atoms with Gasteiger partial charge in [0, 0.05) is 5.69 Å². The summed E-state index contributed by atoms with van der Waals surface area (Å²) in [5.74, 6) is -0.279. The fourth-order valence-corrected chi connectivity index (χ4v) is 1.71. The third-order valence-electron chi connectivity index (χ3n) is 2.84. The highest BCUT2D eigenvalue weighted by Crippen LogP contribution is 2.13. The molecule has 0 saturated heterocycles. The van der Waals surface area contributed by atoms with Gasteiger partial charge >= 0.3 is 5.97 Å². The van der Waals surface area contributed by atoms with Crippen LogP contribution in [-0.2, 0) is 11.2 Å². The lowest BCUT2D eigenvalue weighted by Crippen LogP contribution is -2.12. The molecule has 1 aromatic heterocycles. The summed E-state index contributed by atoms with van der Waals surface area (Å²) in [6.07, 6.45) is 5.00. The van der Waals surface area contributed by atoms with E-state index in [9.17, 15) is 4.79 Å². The minimum Gasteiger partial charge on any atom is -0.461 e. The van der Waals surface area contributed by atoms with Crippen molar-refractivity contribution >= 4 is 5.97 Å². The standard InChI is InChI=1S/C15H23NO2/c1-4-6-8-13-10-9-12(3)16-14(13)15(17)18-11-7-5-2/h9-10H,4-8,11H2,1-3H3. The van der Waals surface area contributed by atoms with Crippen LogP contribution in [0.2, 0.25) is 0 Å². The molecule has 18 heavy (non-hydrogen) atoms. The van der Waals surface area contributed by atoms with Crippen LogP contribution in [0.3, 0.4) is 0 Å². The zero-order valence-electron chi connectivity index (χ0n) is 11.7. The van der Waals surface area contributed by atoms with Gasteiger partial charge in [0.05, 0.1) is 6.61 Å². The monoisotopic (exact) mass is 249 g/mol. The maximum absolute atomic E-state index is 12.0. The van der Waals surface area contributed by atoms with Crippen molar-refractivity contribution in [3.63, 3.8) is 0 Å². The first-order valence-corrected chi connectivity index (χ1v) is 6.82. The van der Waals surface area contributed by atoms with Crippen LogP contribution >= 0.6 is 0 Å². The highest BCUT2D eigenvalue weighted by molar-refractivity contribution is 5.88. The number of aromatic nitrogens is 1. The highest BCUT2D eigenvalue weighted by atomic mass is 16.5. The Morgan fingerprint density at radius 2 is 1.94 bits per heavy atom. The molecule has 0 aromatic carbocycles. The van der Waals surface area contributed by atoms with E-state index in [0.717, 1.165) is 43.4 Å². The maximum Gasteiger partial charge on any atom is 0.357 e. The number of nitrogens with zero attached hydrogens (tertiary/aromatic N) is 1. The SMILES string of the molecule is CCCCOC(=O)c1nc(C)ccc1CCCC. The molecule has 0 spiro atoms. The number of hydrogen-bond donors (Lipinski definition) is 0. The van der Waals surface area contributed by atoms with Gasteiger partial charge in [0.25, 0.3) is 0 Å². The number of carbonyl (C=O) groups excluding carboxylic acids is 1. The zero-order valence-corrected chi connectivity index (χ0v) is 11.7. The normalized spacial score (nSPS) is 10.4. The number of hydrogen-bond acceptors (Lipinski definition) is 3. The fraction of sp³-hybridized carbons (Fsp3) is 0.600. The Bertz CT molecular complexity index is 388. The van der Waals surface area contributed by atoms with E-state index in [0.29, 0.717) is 12.3 Å². The highest BCUT2D eigenvalue weighted by Gasteiger charge is 2.14. The van der Waals surface area contributed by atoms with Crippen molar-refractivity contribution in [1.82, 2.24) is 4.98 Å². The lowest BCUT2D eigenvalue weighted by Gasteiger charge is -2.09. The third-order valence-corrected chi connectivity index (χ3v) is 2.84. The van der Waals surface area contributed by atoms with Crippen molar-refractivity contribution < 1.29 is 9.53 Å². The molecule has 0 aliphatic rings. The number of rotatable bonds is 7. The Labute approximate surface area is 110 Å². The lowest BCUT2D eigenvalue weighted by molar-refractivity contribution is 0.0491. The van der Waals surface area contributed by atoms with Gasteiger partial charge in [-0.3, -0.25) is 0 Å². The Morgan fingerprint density at radius 3 is 2.61 bits per heavy atom. The minimum absolute atomic E-state index is 0.279. The van der Waals surface area contributed by atoms with Crippen LogP contribution in [0.25, 0.3) is 0 Å². The second-order valence-electron chi connectivity index (χ2n) is 4.55. The molecule has 0 unspecified atom stereocenters. The van der Waals surface area contributed by atoms with Crippen LogP contribution in [0.15, 0.2) is 12.1 Å². The van der Waals surface area contributed by atoms with Crippen LogP contribution < -0.4 is 0 Å². The molecule has 0 fully saturated rings. The molecule has 100 valence electrons. The summed E-state index contributed by atoms with van der Waals surface area (Å²) in [6.45, 7) is 6.59. The second-order valence-corrected chi connectivity index (χ2v) is 4.55. The van der Waals surface area contributed by atoms with Crippen molar-refractivity contribution in [1.29, 1.82) is 0 Å². The molecule has 1 heterocycles. The molecule has 0 aliphatic carbocycles. The molecule has 0 atom stereocenters. The fourth-order valence-electron chi connectivity index (χ4n) is 1.71. The van der Waals surface area contributed by atoms with Crippen molar-refractivity contribution in [3.8, 4) is 0 Å². The van der Waals surface area contributed by atoms with Gasteiger partial charge in [-0.2, -0.15) is 0 Å². The van der Waals surface area contributed by atoms with Crippen molar-refractivity contribution in [2.45, 2.75) is 52.9 Å². The molecule has 0 bridgehead atoms. The topological polar surface area (TPSA) is 39.2 Å². The summed E-state index contributed by atoms with van der Waals surface area (Å²) in [5.41, 5.74) is 2.36. The molecule has 0 aliphatic heterocycles. The van der Waals surface area contributed by atoms with Gasteiger partial charge in [0.2, 0.25) is 0 Å². The summed E-state index contributed by atoms with van der Waals surface area (Å²) in [4.78, 5) is 16.3. The van der Waals surface area contributed by atoms with E-state index in [1.165, 1.54) is 0 Å². The smallest absolute Gasteiger partial charge is 0.357 e. The Balaban J connectivity index is 2.76. The summed E-state index contributed by atoms with van der Waals surface area (Å²) < 4.78 is 5.24. The molecule has 0 amide bonds. The largest absolute Gasteiger partial charge is 0.461 e. The predicted molar refractivity (Wildman–Crippen MR) is 72.8 cm³/mol. The molecular weight excluding hydrogens is 226 g/mol. The number of carbonyl (C=O) groups is 1. The average molecular weight is 249 g/mol. The Hall–Kier alpha value is -1.38. The van der Waals surface area contributed by atoms with E-state index in [-0.39, 0.29) is 5.97 Å². The second kappa shape index (κ2) is 7.85. The molecule has 3 nitrogen and oxygen atoms in total. The van der Waals surface area contributed by atoms with Crippen molar-refractivity contribution in [2.24, 2.45) is 0 Å². The van der Waals surface area contributed by atoms with E-state index in [1.807, 2.05) is 19.1 Å². The summed E-state index contributed by atoms with van der Waals surface area (Å²) in [5, 5.41) is 0. The zero-order chi connectivity index (χ0) is 13.4. The molecule has 0 saturated carbocycles. The van der Waals surface area contributed by atoms with Crippen LogP contribution in [0.4, 0.5) is 0 Å². The first-order valence-electron chi connectivity index (χ1n) is 6.82. The average Bonchev–Trinajstić information content (AvgIpc) is 2.37. The van der Waals surface area contributed by atoms with Gasteiger partial charge in [-0.05, 0) is 37.8 Å². The van der Waals surface area contributed by atoms with Crippen molar-refractivity contribution in [2.75, 3.05) is 6.61 Å². The number of aryl methyl sites for hydroxylation is 2. The first-order chi connectivity index (χ1) is 8.69. The van der Waals surface area contributed by atoms with E-state index < -0.39 is 0 Å². The van der Waals surface area contributed by atoms with Gasteiger partial charge in [0.1, 0.15) is 0 Å². The quantitative estimate of drug-likeness (QED) is 0.546. The third kappa shape index (κ3) is 4.47. The van der Waals surface area contributed by atoms with E-state index >= 15 is 0 Å². The van der Waals surface area contributed by atoms with Gasteiger partial charge < -0.3 is 4.74 Å². The van der Waals surface area contributed by atoms with Crippen LogP contribution in [-0.4, -0.2) is 17.6 Å². The van der Waals surface area contributed by atoms with Crippen LogP contribution in [0, 0.1) is 6.92 Å². The Kier molecular flexibility index (Phi) is 6.40. The summed E-state index contributed by atoms with van der Waals surface area (Å²) >= 11 is 0. The Morgan fingerprint density at radius 1 is 1.22 bits per heavy atom. The van der Waals surface area contributed by atoms with Gasteiger partial charge in [0.15, 0.2) is 5.69 Å². The van der Waals surface area contributed by atoms with Gasteiger partial charge in [-0.25, -0.2) is 9.78 Å². The number of unbranched alkanes of at least 4 members (excludes halogenated alkanes) is 2. The van der Waals surface area contributed by atoms with Crippen LogP contribution in [0.1, 0.15) is 61.3 Å². The molecular formula is C15H23NO2. The van der Waals surface area contributed by atoms with Gasteiger partial charge in [-0.15, -0.1) is 0 Å². The maximum atomic E-state index is 12.0. The first kappa shape index (κ1) is 14.7. The van der Waals surface area contributed by atoms with Crippen LogP contribution in [0.5, 0.6) is 0 Å². The molecule has 1 aromatic rings. The number of esters is 1.